The lowest BCUT2D eigenvalue weighted by Gasteiger charge is -2.26. The molecule has 3 heterocycles. The first-order chi connectivity index (χ1) is 13.2. The fraction of sp³-hybridized carbons (Fsp3) is 0.318. The lowest BCUT2D eigenvalue weighted by Crippen LogP contribution is -2.24. The predicted octanol–water partition coefficient (Wildman–Crippen LogP) is 4.99. The second-order valence-corrected chi connectivity index (χ2v) is 7.51. The summed E-state index contributed by atoms with van der Waals surface area (Å²) in [5, 5.41) is 0.744. The van der Waals surface area contributed by atoms with Crippen molar-refractivity contribution < 1.29 is 4.74 Å². The third-order valence-electron chi connectivity index (χ3n) is 5.20. The highest BCUT2D eigenvalue weighted by Crippen LogP contribution is 2.35. The first-order valence-electron chi connectivity index (χ1n) is 9.36. The molecule has 1 aliphatic heterocycles. The Morgan fingerprint density at radius 1 is 1.22 bits per heavy atom. The van der Waals surface area contributed by atoms with Gasteiger partial charge in [0, 0.05) is 54.0 Å². The van der Waals surface area contributed by atoms with E-state index >= 15 is 0 Å². The van der Waals surface area contributed by atoms with E-state index in [0.717, 1.165) is 35.0 Å². The molecule has 1 aliphatic rings. The van der Waals surface area contributed by atoms with Crippen molar-refractivity contribution in [3.63, 3.8) is 0 Å². The highest BCUT2D eigenvalue weighted by Gasteiger charge is 2.28. The normalized spacial score (nSPS) is 17.3. The highest BCUT2D eigenvalue weighted by atomic mass is 35.5. The summed E-state index contributed by atoms with van der Waals surface area (Å²) in [6, 6.07) is 14.6. The number of nitrogens with zero attached hydrogens (tertiary/aromatic N) is 3. The van der Waals surface area contributed by atoms with Crippen molar-refractivity contribution in [1.82, 2.24) is 14.5 Å². The molecule has 1 saturated heterocycles. The summed E-state index contributed by atoms with van der Waals surface area (Å²) in [5.41, 5.74) is 3.56. The van der Waals surface area contributed by atoms with Crippen LogP contribution in [0.15, 0.2) is 61.1 Å². The van der Waals surface area contributed by atoms with E-state index in [1.54, 1.807) is 6.20 Å². The number of likely N-dealkylation sites (tertiary alicyclic amines) is 1. The van der Waals surface area contributed by atoms with Crippen molar-refractivity contribution in [3.05, 3.63) is 82.9 Å². The van der Waals surface area contributed by atoms with E-state index in [2.05, 4.69) is 39.8 Å². The van der Waals surface area contributed by atoms with E-state index < -0.39 is 0 Å². The van der Waals surface area contributed by atoms with Crippen LogP contribution in [0.2, 0.25) is 5.02 Å². The standard InChI is InChI=1S/C22H24ClN3O/c1-25-11-3-6-20(25)21-7-4-12-26(21)15-18-13-19(23)8-9-22(18)27-16-17-5-2-10-24-14-17/h2-3,5-6,8-11,13-14,21H,4,7,12,15-16H2,1H3. The number of aromatic nitrogens is 2. The van der Waals surface area contributed by atoms with Crippen LogP contribution in [0.5, 0.6) is 5.75 Å². The van der Waals surface area contributed by atoms with Gasteiger partial charge in [0.1, 0.15) is 12.4 Å². The molecule has 1 atom stereocenters. The molecule has 5 heteroatoms. The molecule has 1 unspecified atom stereocenters. The Balaban J connectivity index is 1.52. The van der Waals surface area contributed by atoms with Gasteiger partial charge in [-0.1, -0.05) is 17.7 Å². The van der Waals surface area contributed by atoms with Crippen LogP contribution in [-0.4, -0.2) is 21.0 Å². The molecule has 1 aromatic carbocycles. The van der Waals surface area contributed by atoms with Crippen LogP contribution in [0.1, 0.15) is 35.7 Å². The Morgan fingerprint density at radius 3 is 2.93 bits per heavy atom. The Morgan fingerprint density at radius 2 is 2.15 bits per heavy atom. The molecular formula is C22H24ClN3O. The molecular weight excluding hydrogens is 358 g/mol. The molecule has 0 spiro atoms. The van der Waals surface area contributed by atoms with Gasteiger partial charge in [0.15, 0.2) is 0 Å². The van der Waals surface area contributed by atoms with E-state index in [0.29, 0.717) is 12.6 Å². The summed E-state index contributed by atoms with van der Waals surface area (Å²) >= 11 is 6.29. The lowest BCUT2D eigenvalue weighted by molar-refractivity contribution is 0.232. The molecule has 0 N–H and O–H groups in total. The molecule has 1 fully saturated rings. The van der Waals surface area contributed by atoms with Gasteiger partial charge in [-0.05, 0) is 55.8 Å². The first-order valence-corrected chi connectivity index (χ1v) is 9.74. The predicted molar refractivity (Wildman–Crippen MR) is 108 cm³/mol. The molecule has 2 aromatic heterocycles. The van der Waals surface area contributed by atoms with Crippen LogP contribution in [0.25, 0.3) is 0 Å². The van der Waals surface area contributed by atoms with Gasteiger partial charge in [-0.15, -0.1) is 0 Å². The van der Waals surface area contributed by atoms with E-state index in [1.165, 1.54) is 18.5 Å². The highest BCUT2D eigenvalue weighted by molar-refractivity contribution is 6.30. The van der Waals surface area contributed by atoms with Gasteiger partial charge < -0.3 is 9.30 Å². The zero-order valence-corrected chi connectivity index (χ0v) is 16.3. The molecule has 0 aliphatic carbocycles. The Bertz CT molecular complexity index is 894. The van der Waals surface area contributed by atoms with Gasteiger partial charge in [0.05, 0.1) is 6.04 Å². The molecule has 0 bridgehead atoms. The second-order valence-electron chi connectivity index (χ2n) is 7.07. The molecule has 4 nitrogen and oxygen atoms in total. The van der Waals surface area contributed by atoms with Gasteiger partial charge in [-0.2, -0.15) is 0 Å². The van der Waals surface area contributed by atoms with E-state index in [1.807, 2.05) is 36.5 Å². The molecule has 0 radical (unpaired) electrons. The van der Waals surface area contributed by atoms with Crippen LogP contribution in [0.4, 0.5) is 0 Å². The monoisotopic (exact) mass is 381 g/mol. The van der Waals surface area contributed by atoms with Crippen LogP contribution < -0.4 is 4.74 Å². The number of hydrogen-bond donors (Lipinski definition) is 0. The minimum absolute atomic E-state index is 0.440. The molecule has 0 amide bonds. The number of aryl methyl sites for hydroxylation is 1. The molecule has 27 heavy (non-hydrogen) atoms. The molecule has 0 saturated carbocycles. The zero-order valence-electron chi connectivity index (χ0n) is 15.5. The summed E-state index contributed by atoms with van der Waals surface area (Å²) in [4.78, 5) is 6.68. The molecule has 4 rings (SSSR count). The van der Waals surface area contributed by atoms with Crippen LogP contribution in [0, 0.1) is 0 Å². The fourth-order valence-electron chi connectivity index (χ4n) is 3.85. The van der Waals surface area contributed by atoms with Crippen molar-refractivity contribution >= 4 is 11.6 Å². The Hall–Kier alpha value is -2.30. The number of rotatable bonds is 6. The summed E-state index contributed by atoms with van der Waals surface area (Å²) < 4.78 is 8.33. The Kier molecular flexibility index (Phi) is 5.46. The second kappa shape index (κ2) is 8.15. The summed E-state index contributed by atoms with van der Waals surface area (Å²) in [6.45, 7) is 2.42. The molecule has 140 valence electrons. The number of benzene rings is 1. The largest absolute Gasteiger partial charge is 0.489 e. The lowest BCUT2D eigenvalue weighted by atomic mass is 10.1. The minimum Gasteiger partial charge on any atom is -0.489 e. The summed E-state index contributed by atoms with van der Waals surface area (Å²) in [5.74, 6) is 0.890. The average molecular weight is 382 g/mol. The van der Waals surface area contributed by atoms with Crippen LogP contribution in [0.3, 0.4) is 0 Å². The van der Waals surface area contributed by atoms with Crippen molar-refractivity contribution in [3.8, 4) is 5.75 Å². The molecule has 3 aromatic rings. The number of hydrogen-bond acceptors (Lipinski definition) is 3. The van der Waals surface area contributed by atoms with Gasteiger partial charge in [0.25, 0.3) is 0 Å². The van der Waals surface area contributed by atoms with Gasteiger partial charge >= 0.3 is 0 Å². The van der Waals surface area contributed by atoms with Crippen molar-refractivity contribution in [2.24, 2.45) is 7.05 Å². The zero-order chi connectivity index (χ0) is 18.6. The SMILES string of the molecule is Cn1cccc1C1CCCN1Cc1cc(Cl)ccc1OCc1cccnc1. The van der Waals surface area contributed by atoms with Gasteiger partial charge in [0.2, 0.25) is 0 Å². The van der Waals surface area contributed by atoms with Crippen molar-refractivity contribution in [1.29, 1.82) is 0 Å². The number of halogens is 1. The quantitative estimate of drug-likeness (QED) is 0.602. The smallest absolute Gasteiger partial charge is 0.124 e. The topological polar surface area (TPSA) is 30.3 Å². The Labute approximate surface area is 165 Å². The van der Waals surface area contributed by atoms with Crippen molar-refractivity contribution in [2.45, 2.75) is 32.0 Å². The van der Waals surface area contributed by atoms with E-state index in [9.17, 15) is 0 Å². The van der Waals surface area contributed by atoms with Gasteiger partial charge in [-0.3, -0.25) is 9.88 Å². The van der Waals surface area contributed by atoms with Crippen LogP contribution in [-0.2, 0) is 20.2 Å². The first kappa shape index (κ1) is 18.1. The van der Waals surface area contributed by atoms with E-state index in [4.69, 9.17) is 16.3 Å². The third kappa shape index (κ3) is 4.18. The van der Waals surface area contributed by atoms with Crippen LogP contribution >= 0.6 is 11.6 Å². The van der Waals surface area contributed by atoms with E-state index in [-0.39, 0.29) is 0 Å². The van der Waals surface area contributed by atoms with Crippen molar-refractivity contribution in [2.75, 3.05) is 6.54 Å². The maximum atomic E-state index is 6.29. The third-order valence-corrected chi connectivity index (χ3v) is 5.44. The minimum atomic E-state index is 0.440. The maximum absolute atomic E-state index is 6.29. The summed E-state index contributed by atoms with van der Waals surface area (Å²) in [7, 11) is 2.12. The number of ether oxygens (including phenoxy) is 1. The maximum Gasteiger partial charge on any atom is 0.124 e. The summed E-state index contributed by atoms with van der Waals surface area (Å²) in [6.07, 6.45) is 8.12. The fourth-order valence-corrected chi connectivity index (χ4v) is 4.04. The van der Waals surface area contributed by atoms with Gasteiger partial charge in [-0.25, -0.2) is 0 Å². The number of pyridine rings is 1. The average Bonchev–Trinajstić information content (AvgIpc) is 3.30.